The van der Waals surface area contributed by atoms with Gasteiger partial charge >= 0.3 is 6.29 Å². The number of nitrogens with zero attached hydrogens (tertiary/aromatic N) is 1. The van der Waals surface area contributed by atoms with E-state index in [-0.39, 0.29) is 11.5 Å². The van der Waals surface area contributed by atoms with Crippen LogP contribution in [0.2, 0.25) is 0 Å². The predicted molar refractivity (Wildman–Crippen MR) is 59.9 cm³/mol. The molecule has 0 radical (unpaired) electrons. The summed E-state index contributed by atoms with van der Waals surface area (Å²) in [6, 6.07) is 4.60. The second-order valence-electron chi connectivity index (χ2n) is 3.57. The van der Waals surface area contributed by atoms with Crippen LogP contribution in [0.5, 0.6) is 11.5 Å². The molecule has 0 spiro atoms. The van der Waals surface area contributed by atoms with E-state index >= 15 is 0 Å². The number of nitrogens with two attached hydrogens (primary N) is 1. The molecule has 2 aliphatic rings. The summed E-state index contributed by atoms with van der Waals surface area (Å²) in [5.41, 5.74) is 6.45. The quantitative estimate of drug-likeness (QED) is 0.837. The van der Waals surface area contributed by atoms with E-state index < -0.39 is 6.29 Å². The predicted octanol–water partition coefficient (Wildman–Crippen LogP) is 2.28. The minimum absolute atomic E-state index is 0.0252. The fourth-order valence-electron chi connectivity index (χ4n) is 1.66. The van der Waals surface area contributed by atoms with Gasteiger partial charge in [0.25, 0.3) is 0 Å². The first-order valence-corrected chi connectivity index (χ1v) is 5.85. The number of halogens is 2. The van der Waals surface area contributed by atoms with Crippen molar-refractivity contribution < 1.29 is 18.3 Å². The third-order valence-electron chi connectivity index (χ3n) is 2.42. The molecule has 0 unspecified atom stereocenters. The number of hydrogen-bond donors (Lipinski definition) is 1. The summed E-state index contributed by atoms with van der Waals surface area (Å²) in [5, 5.41) is 1.80. The Morgan fingerprint density at radius 1 is 1.29 bits per heavy atom. The van der Waals surface area contributed by atoms with Crippen molar-refractivity contribution in [1.29, 1.82) is 0 Å². The van der Waals surface area contributed by atoms with Crippen molar-refractivity contribution in [1.82, 2.24) is 0 Å². The summed E-state index contributed by atoms with van der Waals surface area (Å²) in [5.74, 6) is 1.30. The molecule has 1 aromatic rings. The number of ether oxygens (including phenoxy) is 2. The molecule has 0 amide bonds. The molecule has 90 valence electrons. The number of alkyl halides is 2. The van der Waals surface area contributed by atoms with E-state index in [9.17, 15) is 8.78 Å². The molecule has 2 N–H and O–H groups in total. The van der Waals surface area contributed by atoms with Gasteiger partial charge in [-0.1, -0.05) is 0 Å². The molecule has 7 heteroatoms. The minimum atomic E-state index is -3.58. The van der Waals surface area contributed by atoms with Crippen LogP contribution in [0.25, 0.3) is 0 Å². The average Bonchev–Trinajstić information content (AvgIpc) is 2.78. The molecule has 0 aromatic heterocycles. The van der Waals surface area contributed by atoms with Gasteiger partial charge in [0.1, 0.15) is 5.82 Å². The van der Waals surface area contributed by atoms with Crippen LogP contribution in [0.15, 0.2) is 29.4 Å². The Morgan fingerprint density at radius 3 is 2.76 bits per heavy atom. The van der Waals surface area contributed by atoms with Crippen LogP contribution in [0, 0.1) is 0 Å². The first-order chi connectivity index (χ1) is 8.05. The molecule has 0 atom stereocenters. The third kappa shape index (κ3) is 1.76. The maximum Gasteiger partial charge on any atom is 0.586 e. The summed E-state index contributed by atoms with van der Waals surface area (Å²) >= 11 is 1.54. The molecular formula is C10H8F2N2O2S. The molecule has 2 heterocycles. The number of anilines is 1. The Labute approximate surface area is 100.0 Å². The monoisotopic (exact) mass is 258 g/mol. The van der Waals surface area contributed by atoms with E-state index in [1.807, 2.05) is 0 Å². The first kappa shape index (κ1) is 10.5. The van der Waals surface area contributed by atoms with E-state index in [1.54, 1.807) is 16.4 Å². The molecule has 0 saturated carbocycles. The molecule has 4 nitrogen and oxygen atoms in total. The van der Waals surface area contributed by atoms with Gasteiger partial charge < -0.3 is 20.1 Å². The summed E-state index contributed by atoms with van der Waals surface area (Å²) < 4.78 is 34.3. The summed E-state index contributed by atoms with van der Waals surface area (Å²) in [6.45, 7) is 0. The smallest absolute Gasteiger partial charge is 0.395 e. The molecule has 17 heavy (non-hydrogen) atoms. The molecule has 0 aliphatic carbocycles. The second kappa shape index (κ2) is 3.43. The van der Waals surface area contributed by atoms with Crippen molar-refractivity contribution >= 4 is 17.4 Å². The number of thioether (sulfide) groups is 1. The van der Waals surface area contributed by atoms with Crippen LogP contribution >= 0.6 is 11.8 Å². The SMILES string of the molecule is NC1=CSCN1c1ccc2c(c1)OC(F)(F)O2. The van der Waals surface area contributed by atoms with Crippen molar-refractivity contribution in [3.63, 3.8) is 0 Å². The number of fused-ring (bicyclic) bond motifs is 1. The van der Waals surface area contributed by atoms with Crippen molar-refractivity contribution in [2.24, 2.45) is 5.73 Å². The van der Waals surface area contributed by atoms with Crippen molar-refractivity contribution in [2.75, 3.05) is 10.8 Å². The maximum absolute atomic E-state index is 12.8. The van der Waals surface area contributed by atoms with Gasteiger partial charge in [0, 0.05) is 17.2 Å². The fraction of sp³-hybridized carbons (Fsp3) is 0.200. The Bertz CT molecular complexity index is 507. The lowest BCUT2D eigenvalue weighted by Crippen LogP contribution is -2.26. The summed E-state index contributed by atoms with van der Waals surface area (Å²) in [4.78, 5) is 1.80. The lowest BCUT2D eigenvalue weighted by molar-refractivity contribution is -0.286. The van der Waals surface area contributed by atoms with E-state index in [1.165, 1.54) is 23.9 Å². The highest BCUT2D eigenvalue weighted by atomic mass is 32.2. The normalized spacial score (nSPS) is 20.6. The highest BCUT2D eigenvalue weighted by Gasteiger charge is 2.43. The zero-order valence-corrected chi connectivity index (χ0v) is 9.34. The second-order valence-corrected chi connectivity index (χ2v) is 4.39. The minimum Gasteiger partial charge on any atom is -0.395 e. The number of benzene rings is 1. The fourth-order valence-corrected chi connectivity index (χ4v) is 2.48. The molecule has 1 aromatic carbocycles. The first-order valence-electron chi connectivity index (χ1n) is 4.80. The van der Waals surface area contributed by atoms with E-state index in [2.05, 4.69) is 9.47 Å². The topological polar surface area (TPSA) is 47.7 Å². The number of hydrogen-bond acceptors (Lipinski definition) is 5. The standard InChI is InChI=1S/C10H8F2N2O2S/c11-10(12)15-7-2-1-6(3-8(7)16-10)14-5-17-4-9(14)13/h1-4H,5,13H2. The van der Waals surface area contributed by atoms with Gasteiger partial charge in [0.15, 0.2) is 11.5 Å². The Kier molecular flexibility index (Phi) is 2.12. The van der Waals surface area contributed by atoms with Crippen molar-refractivity contribution in [2.45, 2.75) is 6.29 Å². The van der Waals surface area contributed by atoms with Crippen LogP contribution in [0.4, 0.5) is 14.5 Å². The summed E-state index contributed by atoms with van der Waals surface area (Å²) in [7, 11) is 0. The average molecular weight is 258 g/mol. The highest BCUT2D eigenvalue weighted by molar-refractivity contribution is 8.02. The number of rotatable bonds is 1. The molecular weight excluding hydrogens is 250 g/mol. The van der Waals surface area contributed by atoms with Gasteiger partial charge in [-0.2, -0.15) is 0 Å². The van der Waals surface area contributed by atoms with Crippen molar-refractivity contribution in [3.05, 3.63) is 29.4 Å². The molecule has 2 aliphatic heterocycles. The van der Waals surface area contributed by atoms with Crippen LogP contribution in [-0.4, -0.2) is 12.2 Å². The maximum atomic E-state index is 12.8. The lowest BCUT2D eigenvalue weighted by atomic mass is 10.2. The van der Waals surface area contributed by atoms with E-state index in [0.29, 0.717) is 17.4 Å². The van der Waals surface area contributed by atoms with Gasteiger partial charge in [-0.3, -0.25) is 0 Å². The zero-order valence-electron chi connectivity index (χ0n) is 8.52. The lowest BCUT2D eigenvalue weighted by Gasteiger charge is -2.18. The van der Waals surface area contributed by atoms with Gasteiger partial charge in [-0.25, -0.2) is 0 Å². The Hall–Kier alpha value is -1.63. The highest BCUT2D eigenvalue weighted by Crippen LogP contribution is 2.43. The third-order valence-corrected chi connectivity index (χ3v) is 3.23. The van der Waals surface area contributed by atoms with Gasteiger partial charge in [0.05, 0.1) is 5.88 Å². The van der Waals surface area contributed by atoms with E-state index in [4.69, 9.17) is 5.73 Å². The van der Waals surface area contributed by atoms with Crippen LogP contribution < -0.4 is 20.1 Å². The van der Waals surface area contributed by atoms with Gasteiger partial charge in [0.2, 0.25) is 0 Å². The van der Waals surface area contributed by atoms with Crippen LogP contribution in [0.1, 0.15) is 0 Å². The van der Waals surface area contributed by atoms with Gasteiger partial charge in [-0.15, -0.1) is 20.5 Å². The summed E-state index contributed by atoms with van der Waals surface area (Å²) in [6.07, 6.45) is -3.58. The van der Waals surface area contributed by atoms with Crippen molar-refractivity contribution in [3.8, 4) is 11.5 Å². The molecule has 0 saturated heterocycles. The van der Waals surface area contributed by atoms with Crippen LogP contribution in [-0.2, 0) is 0 Å². The largest absolute Gasteiger partial charge is 0.586 e. The molecule has 3 rings (SSSR count). The zero-order chi connectivity index (χ0) is 12.0. The van der Waals surface area contributed by atoms with E-state index in [0.717, 1.165) is 0 Å². The van der Waals surface area contributed by atoms with Crippen LogP contribution in [0.3, 0.4) is 0 Å². The molecule has 0 fully saturated rings. The molecule has 0 bridgehead atoms. The Morgan fingerprint density at radius 2 is 2.06 bits per heavy atom. The Balaban J connectivity index is 1.93. The van der Waals surface area contributed by atoms with Gasteiger partial charge in [-0.05, 0) is 12.1 Å².